The predicted molar refractivity (Wildman–Crippen MR) is 27.4 cm³/mol. The van der Waals surface area contributed by atoms with Gasteiger partial charge < -0.3 is 9.47 Å². The van der Waals surface area contributed by atoms with Gasteiger partial charge in [0.1, 0.15) is 12.0 Å². The fraction of sp³-hybridized carbons (Fsp3) is 0.400. The SMILES string of the molecule is C1=C2N=C2COCO1. The zero-order valence-corrected chi connectivity index (χ0v) is 4.26. The summed E-state index contributed by atoms with van der Waals surface area (Å²) in [5.74, 6) is 0. The van der Waals surface area contributed by atoms with Gasteiger partial charge in [0.2, 0.25) is 0 Å². The fourth-order valence-electron chi connectivity index (χ4n) is 0.617. The lowest BCUT2D eigenvalue weighted by atomic mass is 10.4. The van der Waals surface area contributed by atoms with Gasteiger partial charge in [-0.25, -0.2) is 4.99 Å². The first kappa shape index (κ1) is 4.09. The van der Waals surface area contributed by atoms with Crippen molar-refractivity contribution in [1.29, 1.82) is 0 Å². The van der Waals surface area contributed by atoms with Crippen molar-refractivity contribution in [3.63, 3.8) is 0 Å². The Morgan fingerprint density at radius 3 is 3.62 bits per heavy atom. The second-order valence-electron chi connectivity index (χ2n) is 1.69. The van der Waals surface area contributed by atoms with Crippen molar-refractivity contribution in [2.75, 3.05) is 13.4 Å². The van der Waals surface area contributed by atoms with Gasteiger partial charge in [0.15, 0.2) is 6.79 Å². The molecule has 0 aliphatic carbocycles. The Labute approximate surface area is 46.6 Å². The van der Waals surface area contributed by atoms with Gasteiger partial charge in [-0.05, 0) is 0 Å². The van der Waals surface area contributed by atoms with Crippen molar-refractivity contribution in [3.8, 4) is 0 Å². The Balaban J connectivity index is 2.12. The zero-order chi connectivity index (χ0) is 5.40. The van der Waals surface area contributed by atoms with E-state index < -0.39 is 0 Å². The molecule has 0 aromatic rings. The summed E-state index contributed by atoms with van der Waals surface area (Å²) in [6.07, 6.45) is 1.63. The van der Waals surface area contributed by atoms with E-state index in [9.17, 15) is 0 Å². The molecule has 2 aliphatic heterocycles. The lowest BCUT2D eigenvalue weighted by Crippen LogP contribution is -1.97. The van der Waals surface area contributed by atoms with E-state index in [1.165, 1.54) is 0 Å². The first-order chi connectivity index (χ1) is 3.97. The van der Waals surface area contributed by atoms with Gasteiger partial charge in [0, 0.05) is 0 Å². The predicted octanol–water partition coefficient (Wildman–Crippen LogP) is 0.287. The third-order valence-electron chi connectivity index (χ3n) is 1.09. The lowest BCUT2D eigenvalue weighted by Gasteiger charge is -1.94. The van der Waals surface area contributed by atoms with Crippen LogP contribution < -0.4 is 0 Å². The van der Waals surface area contributed by atoms with Crippen molar-refractivity contribution in [1.82, 2.24) is 0 Å². The molecule has 0 N–H and O–H groups in total. The van der Waals surface area contributed by atoms with Gasteiger partial charge in [-0.15, -0.1) is 0 Å². The molecular weight excluding hydrogens is 106 g/mol. The third-order valence-corrected chi connectivity index (χ3v) is 1.09. The van der Waals surface area contributed by atoms with Gasteiger partial charge >= 0.3 is 0 Å². The number of aliphatic imine (C=N–C) groups is 1. The summed E-state index contributed by atoms with van der Waals surface area (Å²) in [6, 6.07) is 0. The van der Waals surface area contributed by atoms with Crippen LogP contribution in [0.4, 0.5) is 0 Å². The maximum absolute atomic E-state index is 4.94. The number of ether oxygens (including phenoxy) is 2. The van der Waals surface area contributed by atoms with Gasteiger partial charge in [-0.3, -0.25) is 0 Å². The van der Waals surface area contributed by atoms with E-state index in [0.717, 1.165) is 11.4 Å². The topological polar surface area (TPSA) is 30.8 Å². The molecule has 0 bridgehead atoms. The van der Waals surface area contributed by atoms with Crippen LogP contribution in [0.2, 0.25) is 0 Å². The van der Waals surface area contributed by atoms with Crippen LogP contribution in [-0.2, 0) is 9.47 Å². The molecule has 42 valence electrons. The standard InChI is InChI=1S/C5H5NO2/c1-4-5(6-4)2-8-3-7-1/h1H,2-3H2. The highest BCUT2D eigenvalue weighted by molar-refractivity contribution is 6.13. The van der Waals surface area contributed by atoms with Crippen molar-refractivity contribution in [3.05, 3.63) is 12.0 Å². The highest BCUT2D eigenvalue weighted by Crippen LogP contribution is 2.18. The summed E-state index contributed by atoms with van der Waals surface area (Å²) in [4.78, 5) is 3.94. The molecule has 0 unspecified atom stereocenters. The summed E-state index contributed by atoms with van der Waals surface area (Å²) in [6.45, 7) is 0.981. The summed E-state index contributed by atoms with van der Waals surface area (Å²) in [5, 5.41) is 0. The fourth-order valence-corrected chi connectivity index (χ4v) is 0.617. The largest absolute Gasteiger partial charge is 0.473 e. The maximum Gasteiger partial charge on any atom is 0.188 e. The van der Waals surface area contributed by atoms with Crippen LogP contribution in [0, 0.1) is 0 Å². The van der Waals surface area contributed by atoms with E-state index in [2.05, 4.69) is 4.99 Å². The monoisotopic (exact) mass is 111 g/mol. The first-order valence-corrected chi connectivity index (χ1v) is 2.44. The molecule has 0 saturated carbocycles. The maximum atomic E-state index is 4.94. The van der Waals surface area contributed by atoms with Gasteiger partial charge in [0.05, 0.1) is 12.3 Å². The molecule has 3 heteroatoms. The van der Waals surface area contributed by atoms with E-state index >= 15 is 0 Å². The molecule has 0 saturated heterocycles. The molecular formula is C5H5NO2. The second-order valence-corrected chi connectivity index (χ2v) is 1.69. The summed E-state index contributed by atoms with van der Waals surface area (Å²) in [7, 11) is 0. The molecule has 3 nitrogen and oxygen atoms in total. The van der Waals surface area contributed by atoms with Crippen molar-refractivity contribution < 1.29 is 9.47 Å². The zero-order valence-electron chi connectivity index (χ0n) is 4.26. The van der Waals surface area contributed by atoms with E-state index in [-0.39, 0.29) is 0 Å². The van der Waals surface area contributed by atoms with E-state index in [0.29, 0.717) is 13.4 Å². The Hall–Kier alpha value is -0.830. The van der Waals surface area contributed by atoms with E-state index in [1.807, 2.05) is 0 Å². The van der Waals surface area contributed by atoms with Crippen LogP contribution in [0.1, 0.15) is 0 Å². The highest BCUT2D eigenvalue weighted by atomic mass is 16.7. The normalized spacial score (nSPS) is 24.0. The van der Waals surface area contributed by atoms with Crippen LogP contribution in [0.25, 0.3) is 0 Å². The van der Waals surface area contributed by atoms with Gasteiger partial charge in [-0.2, -0.15) is 0 Å². The third kappa shape index (κ3) is 0.518. The molecule has 0 fully saturated rings. The summed E-state index contributed by atoms with van der Waals surface area (Å²) >= 11 is 0. The van der Waals surface area contributed by atoms with Gasteiger partial charge in [-0.1, -0.05) is 0 Å². The molecule has 8 heavy (non-hydrogen) atoms. The summed E-state index contributed by atoms with van der Waals surface area (Å²) < 4.78 is 9.79. The number of hydrogen-bond acceptors (Lipinski definition) is 3. The Morgan fingerprint density at radius 2 is 2.62 bits per heavy atom. The number of fused-ring (bicyclic) bond motifs is 1. The molecule has 0 aromatic heterocycles. The Morgan fingerprint density at radius 1 is 1.62 bits per heavy atom. The number of nitrogens with zero attached hydrogens (tertiary/aromatic N) is 1. The molecule has 0 amide bonds. The van der Waals surface area contributed by atoms with Crippen LogP contribution in [0.3, 0.4) is 0 Å². The molecule has 0 spiro atoms. The van der Waals surface area contributed by atoms with Crippen LogP contribution in [0.5, 0.6) is 0 Å². The molecule has 0 aromatic carbocycles. The van der Waals surface area contributed by atoms with Crippen LogP contribution in [-0.4, -0.2) is 19.1 Å². The minimum Gasteiger partial charge on any atom is -0.473 e. The Bertz CT molecular complexity index is 169. The number of rotatable bonds is 0. The average Bonchev–Trinajstić information content (AvgIpc) is 2.36. The molecule has 2 heterocycles. The lowest BCUT2D eigenvalue weighted by molar-refractivity contribution is 0.0100. The smallest absolute Gasteiger partial charge is 0.188 e. The van der Waals surface area contributed by atoms with E-state index in [4.69, 9.17) is 9.47 Å². The van der Waals surface area contributed by atoms with Crippen molar-refractivity contribution in [2.45, 2.75) is 0 Å². The van der Waals surface area contributed by atoms with E-state index in [1.54, 1.807) is 6.26 Å². The quantitative estimate of drug-likeness (QED) is 0.449. The van der Waals surface area contributed by atoms with Crippen molar-refractivity contribution in [2.24, 2.45) is 4.99 Å². The molecule has 0 radical (unpaired) electrons. The molecule has 2 aliphatic rings. The molecule has 0 atom stereocenters. The van der Waals surface area contributed by atoms with Gasteiger partial charge in [0.25, 0.3) is 0 Å². The minimum absolute atomic E-state index is 0.364. The van der Waals surface area contributed by atoms with Crippen LogP contribution in [0.15, 0.2) is 17.0 Å². The van der Waals surface area contributed by atoms with Crippen LogP contribution >= 0.6 is 0 Å². The second kappa shape index (κ2) is 1.32. The average molecular weight is 111 g/mol. The first-order valence-electron chi connectivity index (χ1n) is 2.44. The summed E-state index contributed by atoms with van der Waals surface area (Å²) in [5.41, 5.74) is 1.99. The van der Waals surface area contributed by atoms with Crippen molar-refractivity contribution >= 4 is 5.71 Å². The Kier molecular flexibility index (Phi) is 0.676. The number of hydrogen-bond donors (Lipinski definition) is 0. The molecule has 2 rings (SSSR count). The minimum atomic E-state index is 0.364. The highest BCUT2D eigenvalue weighted by Gasteiger charge is 2.21.